The smallest absolute Gasteiger partial charge is 0.234 e. The summed E-state index contributed by atoms with van der Waals surface area (Å²) in [5.41, 5.74) is 1.48. The van der Waals surface area contributed by atoms with Crippen molar-refractivity contribution < 1.29 is 9.18 Å². The van der Waals surface area contributed by atoms with E-state index >= 15 is 0 Å². The molecule has 5 heteroatoms. The van der Waals surface area contributed by atoms with Gasteiger partial charge in [0.1, 0.15) is 5.82 Å². The van der Waals surface area contributed by atoms with Crippen LogP contribution >= 0.6 is 11.6 Å². The highest BCUT2D eigenvalue weighted by molar-refractivity contribution is 6.30. The van der Waals surface area contributed by atoms with Gasteiger partial charge in [-0.1, -0.05) is 41.9 Å². The van der Waals surface area contributed by atoms with Gasteiger partial charge in [0, 0.05) is 23.2 Å². The van der Waals surface area contributed by atoms with Crippen molar-refractivity contribution in [3.8, 4) is 0 Å². The van der Waals surface area contributed by atoms with Gasteiger partial charge in [0.25, 0.3) is 0 Å². The number of benzene rings is 2. The zero-order valence-corrected chi connectivity index (χ0v) is 13.0. The van der Waals surface area contributed by atoms with E-state index in [4.69, 9.17) is 11.6 Å². The molecule has 0 bridgehead atoms. The van der Waals surface area contributed by atoms with E-state index in [1.54, 1.807) is 24.3 Å². The highest BCUT2D eigenvalue weighted by atomic mass is 35.5. The first-order chi connectivity index (χ1) is 10.6. The van der Waals surface area contributed by atoms with Gasteiger partial charge in [0.05, 0.1) is 6.54 Å². The lowest BCUT2D eigenvalue weighted by Crippen LogP contribution is -2.34. The van der Waals surface area contributed by atoms with E-state index in [-0.39, 0.29) is 30.9 Å². The number of hydrogen-bond donors (Lipinski definition) is 2. The minimum Gasteiger partial charge on any atom is -0.351 e. The zero-order chi connectivity index (χ0) is 15.9. The first-order valence-corrected chi connectivity index (χ1v) is 7.43. The molecule has 0 aliphatic carbocycles. The molecule has 0 spiro atoms. The van der Waals surface area contributed by atoms with Crippen LogP contribution in [0.5, 0.6) is 0 Å². The molecule has 3 nitrogen and oxygen atoms in total. The number of carbonyl (C=O) groups excluding carboxylic acids is 1. The molecule has 0 fully saturated rings. The molecule has 0 saturated heterocycles. The topological polar surface area (TPSA) is 41.1 Å². The van der Waals surface area contributed by atoms with Crippen LogP contribution in [-0.2, 0) is 11.3 Å². The standard InChI is InChI=1S/C17H18ClFN2O/c1-12(13-6-4-7-15(18)9-13)20-11-17(22)21-10-14-5-2-3-8-16(14)19/h2-9,12,20H,10-11H2,1H3,(H,21,22)/t12-/m1/s1. The number of carbonyl (C=O) groups is 1. The van der Waals surface area contributed by atoms with Gasteiger partial charge in [-0.15, -0.1) is 0 Å². The summed E-state index contributed by atoms with van der Waals surface area (Å²) in [6, 6.07) is 13.9. The van der Waals surface area contributed by atoms with Crippen molar-refractivity contribution in [2.75, 3.05) is 6.54 Å². The quantitative estimate of drug-likeness (QED) is 0.856. The molecular weight excluding hydrogens is 303 g/mol. The Morgan fingerprint density at radius 2 is 2.00 bits per heavy atom. The Morgan fingerprint density at radius 1 is 1.23 bits per heavy atom. The summed E-state index contributed by atoms with van der Waals surface area (Å²) in [4.78, 5) is 11.8. The third-order valence-electron chi connectivity index (χ3n) is 3.35. The van der Waals surface area contributed by atoms with Crippen molar-refractivity contribution in [3.05, 3.63) is 70.5 Å². The van der Waals surface area contributed by atoms with Crippen molar-refractivity contribution in [2.45, 2.75) is 19.5 Å². The molecule has 0 radical (unpaired) electrons. The second kappa shape index (κ2) is 7.92. The molecular formula is C17H18ClFN2O. The van der Waals surface area contributed by atoms with E-state index < -0.39 is 0 Å². The van der Waals surface area contributed by atoms with Crippen molar-refractivity contribution >= 4 is 17.5 Å². The molecule has 2 N–H and O–H groups in total. The van der Waals surface area contributed by atoms with Crippen LogP contribution in [0.1, 0.15) is 24.1 Å². The summed E-state index contributed by atoms with van der Waals surface area (Å²) in [7, 11) is 0. The summed E-state index contributed by atoms with van der Waals surface area (Å²) in [6.45, 7) is 2.29. The minimum absolute atomic E-state index is 0.00193. The number of hydrogen-bond acceptors (Lipinski definition) is 2. The molecule has 22 heavy (non-hydrogen) atoms. The van der Waals surface area contributed by atoms with E-state index in [9.17, 15) is 9.18 Å². The fourth-order valence-corrected chi connectivity index (χ4v) is 2.24. The summed E-state index contributed by atoms with van der Waals surface area (Å²) in [5, 5.41) is 6.47. The van der Waals surface area contributed by atoms with Gasteiger partial charge < -0.3 is 10.6 Å². The Labute approximate surface area is 134 Å². The van der Waals surface area contributed by atoms with E-state index in [1.165, 1.54) is 6.07 Å². The van der Waals surface area contributed by atoms with Gasteiger partial charge in [-0.2, -0.15) is 0 Å². The van der Waals surface area contributed by atoms with Gasteiger partial charge in [-0.3, -0.25) is 4.79 Å². The molecule has 2 aromatic rings. The molecule has 116 valence electrons. The molecule has 0 aliphatic rings. The highest BCUT2D eigenvalue weighted by Crippen LogP contribution is 2.16. The van der Waals surface area contributed by atoms with Crippen LogP contribution in [0.25, 0.3) is 0 Å². The van der Waals surface area contributed by atoms with E-state index in [1.807, 2.05) is 25.1 Å². The highest BCUT2D eigenvalue weighted by Gasteiger charge is 2.08. The van der Waals surface area contributed by atoms with Crippen LogP contribution in [0.4, 0.5) is 4.39 Å². The van der Waals surface area contributed by atoms with Gasteiger partial charge in [0.15, 0.2) is 0 Å². The number of amides is 1. The van der Waals surface area contributed by atoms with Crippen molar-refractivity contribution in [1.82, 2.24) is 10.6 Å². The lowest BCUT2D eigenvalue weighted by molar-refractivity contribution is -0.120. The van der Waals surface area contributed by atoms with Gasteiger partial charge in [-0.05, 0) is 30.7 Å². The summed E-state index contributed by atoms with van der Waals surface area (Å²) in [6.07, 6.45) is 0. The fourth-order valence-electron chi connectivity index (χ4n) is 2.04. The monoisotopic (exact) mass is 320 g/mol. The Morgan fingerprint density at radius 3 is 2.73 bits per heavy atom. The Kier molecular flexibility index (Phi) is 5.92. The van der Waals surface area contributed by atoms with E-state index in [2.05, 4.69) is 10.6 Å². The zero-order valence-electron chi connectivity index (χ0n) is 12.3. The molecule has 0 heterocycles. The summed E-state index contributed by atoms with van der Waals surface area (Å²) < 4.78 is 13.4. The number of rotatable bonds is 6. The molecule has 1 amide bonds. The Hall–Kier alpha value is -1.91. The average Bonchev–Trinajstić information content (AvgIpc) is 2.52. The maximum absolute atomic E-state index is 13.4. The lowest BCUT2D eigenvalue weighted by Gasteiger charge is -2.14. The predicted molar refractivity (Wildman–Crippen MR) is 86.1 cm³/mol. The molecule has 2 aromatic carbocycles. The third kappa shape index (κ3) is 4.83. The van der Waals surface area contributed by atoms with E-state index in [0.29, 0.717) is 10.6 Å². The van der Waals surface area contributed by atoms with Crippen LogP contribution < -0.4 is 10.6 Å². The molecule has 2 rings (SSSR count). The van der Waals surface area contributed by atoms with Crippen LogP contribution in [0.2, 0.25) is 5.02 Å². The number of nitrogens with one attached hydrogen (secondary N) is 2. The first kappa shape index (κ1) is 16.5. The first-order valence-electron chi connectivity index (χ1n) is 7.05. The van der Waals surface area contributed by atoms with E-state index in [0.717, 1.165) is 5.56 Å². The summed E-state index contributed by atoms with van der Waals surface area (Å²) in [5.74, 6) is -0.500. The predicted octanol–water partition coefficient (Wildman–Crippen LogP) is 3.45. The van der Waals surface area contributed by atoms with Crippen LogP contribution in [0, 0.1) is 5.82 Å². The van der Waals surface area contributed by atoms with Crippen LogP contribution in [-0.4, -0.2) is 12.5 Å². The van der Waals surface area contributed by atoms with Crippen molar-refractivity contribution in [3.63, 3.8) is 0 Å². The van der Waals surface area contributed by atoms with Crippen LogP contribution in [0.15, 0.2) is 48.5 Å². The largest absolute Gasteiger partial charge is 0.351 e. The third-order valence-corrected chi connectivity index (χ3v) is 3.59. The molecule has 0 saturated carbocycles. The SMILES string of the molecule is C[C@@H](NCC(=O)NCc1ccccc1F)c1cccc(Cl)c1. The van der Waals surface area contributed by atoms with Crippen molar-refractivity contribution in [1.29, 1.82) is 0 Å². The van der Waals surface area contributed by atoms with Crippen molar-refractivity contribution in [2.24, 2.45) is 0 Å². The maximum Gasteiger partial charge on any atom is 0.234 e. The number of halogens is 2. The second-order valence-electron chi connectivity index (χ2n) is 5.03. The maximum atomic E-state index is 13.4. The lowest BCUT2D eigenvalue weighted by atomic mass is 10.1. The normalized spacial score (nSPS) is 12.0. The molecule has 0 unspecified atom stereocenters. The summed E-state index contributed by atoms with van der Waals surface area (Å²) >= 11 is 5.94. The Bertz CT molecular complexity index is 648. The van der Waals surface area contributed by atoms with Crippen LogP contribution in [0.3, 0.4) is 0 Å². The van der Waals surface area contributed by atoms with Gasteiger partial charge in [-0.25, -0.2) is 4.39 Å². The molecule has 0 aromatic heterocycles. The fraction of sp³-hybridized carbons (Fsp3) is 0.235. The second-order valence-corrected chi connectivity index (χ2v) is 5.46. The molecule has 1 atom stereocenters. The van der Waals surface area contributed by atoms with Gasteiger partial charge in [0.2, 0.25) is 5.91 Å². The molecule has 0 aliphatic heterocycles. The van der Waals surface area contributed by atoms with Gasteiger partial charge >= 0.3 is 0 Å². The average molecular weight is 321 g/mol. The Balaban J connectivity index is 1.79. The minimum atomic E-state index is -0.317.